The van der Waals surface area contributed by atoms with Gasteiger partial charge in [0.05, 0.1) is 6.42 Å². The summed E-state index contributed by atoms with van der Waals surface area (Å²) in [5.74, 6) is 0.501. The molecule has 1 amide bonds. The van der Waals surface area contributed by atoms with E-state index in [0.29, 0.717) is 17.9 Å². The number of benzene rings is 1. The zero-order valence-corrected chi connectivity index (χ0v) is 12.3. The minimum absolute atomic E-state index is 0.0158. The summed E-state index contributed by atoms with van der Waals surface area (Å²) in [4.78, 5) is 12.0. The van der Waals surface area contributed by atoms with Crippen LogP contribution in [0.15, 0.2) is 29.4 Å². The second kappa shape index (κ2) is 7.53. The van der Waals surface area contributed by atoms with E-state index in [1.165, 1.54) is 0 Å². The molecule has 1 aromatic carbocycles. The lowest BCUT2D eigenvalue weighted by Gasteiger charge is -2.20. The Labute approximate surface area is 119 Å². The maximum absolute atomic E-state index is 12.0. The highest BCUT2D eigenvalue weighted by Crippen LogP contribution is 2.08. The Morgan fingerprint density at radius 3 is 2.40 bits per heavy atom. The van der Waals surface area contributed by atoms with Gasteiger partial charge < -0.3 is 16.3 Å². The Morgan fingerprint density at radius 2 is 1.95 bits per heavy atom. The first-order valence-electron chi connectivity index (χ1n) is 6.84. The van der Waals surface area contributed by atoms with Gasteiger partial charge >= 0.3 is 0 Å². The minimum Gasteiger partial charge on any atom is -0.409 e. The minimum atomic E-state index is 0.0158. The summed E-state index contributed by atoms with van der Waals surface area (Å²) in [5.41, 5.74) is 7.01. The molecule has 1 rings (SSSR count). The number of hydrogen-bond acceptors (Lipinski definition) is 3. The second-order valence-corrected chi connectivity index (χ2v) is 5.19. The lowest BCUT2D eigenvalue weighted by Crippen LogP contribution is -2.38. The van der Waals surface area contributed by atoms with Crippen LogP contribution in [0.4, 0.5) is 0 Å². The van der Waals surface area contributed by atoms with E-state index in [1.807, 2.05) is 12.1 Å². The van der Waals surface area contributed by atoms with Crippen LogP contribution in [0.1, 0.15) is 38.3 Å². The van der Waals surface area contributed by atoms with Crippen LogP contribution >= 0.6 is 0 Å². The summed E-state index contributed by atoms with van der Waals surface area (Å²) in [7, 11) is 0. The van der Waals surface area contributed by atoms with E-state index in [4.69, 9.17) is 10.9 Å². The zero-order chi connectivity index (χ0) is 15.1. The van der Waals surface area contributed by atoms with E-state index in [9.17, 15) is 4.79 Å². The van der Waals surface area contributed by atoms with Crippen molar-refractivity contribution >= 4 is 11.7 Å². The quantitative estimate of drug-likeness (QED) is 0.321. The topological polar surface area (TPSA) is 87.7 Å². The molecule has 110 valence electrons. The Balaban J connectivity index is 2.62. The van der Waals surface area contributed by atoms with Gasteiger partial charge in [0.25, 0.3) is 0 Å². The number of carbonyl (C=O) groups is 1. The van der Waals surface area contributed by atoms with Crippen molar-refractivity contribution in [3.8, 4) is 0 Å². The maximum Gasteiger partial charge on any atom is 0.224 e. The van der Waals surface area contributed by atoms with E-state index >= 15 is 0 Å². The molecular formula is C15H23N3O2. The van der Waals surface area contributed by atoms with Crippen molar-refractivity contribution in [2.45, 2.75) is 39.7 Å². The Bertz CT molecular complexity index is 467. The third-order valence-electron chi connectivity index (χ3n) is 3.31. The molecule has 0 fully saturated rings. The summed E-state index contributed by atoms with van der Waals surface area (Å²) in [6.45, 7) is 6.26. The SMILES string of the molecule is CCC(NC(=O)Cc1ccc(C(N)=NO)cc1)C(C)C. The van der Waals surface area contributed by atoms with Crippen LogP contribution in [0.25, 0.3) is 0 Å². The number of oxime groups is 1. The smallest absolute Gasteiger partial charge is 0.224 e. The molecule has 0 aliphatic rings. The summed E-state index contributed by atoms with van der Waals surface area (Å²) < 4.78 is 0. The number of nitrogens with zero attached hydrogens (tertiary/aromatic N) is 1. The van der Waals surface area contributed by atoms with Gasteiger partial charge in [-0.15, -0.1) is 0 Å². The highest BCUT2D eigenvalue weighted by atomic mass is 16.4. The van der Waals surface area contributed by atoms with Gasteiger partial charge in [-0.2, -0.15) is 0 Å². The average Bonchev–Trinajstić information content (AvgIpc) is 2.44. The molecule has 0 aliphatic carbocycles. The molecule has 0 aromatic heterocycles. The van der Waals surface area contributed by atoms with Crippen LogP contribution in [-0.4, -0.2) is 23.0 Å². The molecule has 1 unspecified atom stereocenters. The average molecular weight is 277 g/mol. The van der Waals surface area contributed by atoms with Gasteiger partial charge in [0.1, 0.15) is 0 Å². The third-order valence-corrected chi connectivity index (χ3v) is 3.31. The lowest BCUT2D eigenvalue weighted by molar-refractivity contribution is -0.121. The molecule has 0 radical (unpaired) electrons. The van der Waals surface area contributed by atoms with Crippen molar-refractivity contribution < 1.29 is 10.0 Å². The van der Waals surface area contributed by atoms with Crippen molar-refractivity contribution in [1.82, 2.24) is 5.32 Å². The molecule has 20 heavy (non-hydrogen) atoms. The fraction of sp³-hybridized carbons (Fsp3) is 0.467. The van der Waals surface area contributed by atoms with Gasteiger partial charge in [0.2, 0.25) is 5.91 Å². The maximum atomic E-state index is 12.0. The van der Waals surface area contributed by atoms with E-state index in [2.05, 4.69) is 31.2 Å². The van der Waals surface area contributed by atoms with Gasteiger partial charge in [-0.05, 0) is 17.9 Å². The molecule has 0 saturated heterocycles. The third kappa shape index (κ3) is 4.57. The summed E-state index contributed by atoms with van der Waals surface area (Å²) >= 11 is 0. The Hall–Kier alpha value is -2.04. The second-order valence-electron chi connectivity index (χ2n) is 5.19. The van der Waals surface area contributed by atoms with Crippen LogP contribution in [0, 0.1) is 5.92 Å². The van der Waals surface area contributed by atoms with Crippen LogP contribution in [0.5, 0.6) is 0 Å². The molecular weight excluding hydrogens is 254 g/mol. The van der Waals surface area contributed by atoms with Crippen molar-refractivity contribution in [3.05, 3.63) is 35.4 Å². The number of amides is 1. The standard InChI is InChI=1S/C15H23N3O2/c1-4-13(10(2)3)17-14(19)9-11-5-7-12(8-6-11)15(16)18-20/h5-8,10,13,20H,4,9H2,1-3H3,(H2,16,18)(H,17,19). The first-order valence-corrected chi connectivity index (χ1v) is 6.84. The fourth-order valence-corrected chi connectivity index (χ4v) is 2.03. The molecule has 0 aliphatic heterocycles. The zero-order valence-electron chi connectivity index (χ0n) is 12.3. The first kappa shape index (κ1) is 16.0. The van der Waals surface area contributed by atoms with E-state index in [0.717, 1.165) is 12.0 Å². The number of nitrogens with one attached hydrogen (secondary N) is 1. The monoisotopic (exact) mass is 277 g/mol. The molecule has 0 saturated carbocycles. The van der Waals surface area contributed by atoms with E-state index in [-0.39, 0.29) is 17.8 Å². The number of carbonyl (C=O) groups excluding carboxylic acids is 1. The molecule has 5 nitrogen and oxygen atoms in total. The highest BCUT2D eigenvalue weighted by molar-refractivity contribution is 5.97. The van der Waals surface area contributed by atoms with E-state index in [1.54, 1.807) is 12.1 Å². The van der Waals surface area contributed by atoms with Gasteiger partial charge in [0.15, 0.2) is 5.84 Å². The van der Waals surface area contributed by atoms with Crippen LogP contribution < -0.4 is 11.1 Å². The number of hydrogen-bond donors (Lipinski definition) is 3. The van der Waals surface area contributed by atoms with Gasteiger partial charge in [-0.25, -0.2) is 0 Å². The molecule has 0 heterocycles. The normalized spacial score (nSPS) is 13.3. The predicted molar refractivity (Wildman–Crippen MR) is 79.7 cm³/mol. The van der Waals surface area contributed by atoms with Gasteiger partial charge in [-0.1, -0.05) is 50.2 Å². The number of nitrogens with two attached hydrogens (primary N) is 1. The van der Waals surface area contributed by atoms with Crippen molar-refractivity contribution in [2.75, 3.05) is 0 Å². The molecule has 1 atom stereocenters. The van der Waals surface area contributed by atoms with Crippen molar-refractivity contribution in [3.63, 3.8) is 0 Å². The molecule has 0 bridgehead atoms. The Kier molecular flexibility index (Phi) is 6.03. The highest BCUT2D eigenvalue weighted by Gasteiger charge is 2.14. The molecule has 5 heteroatoms. The van der Waals surface area contributed by atoms with E-state index < -0.39 is 0 Å². The Morgan fingerprint density at radius 1 is 1.35 bits per heavy atom. The summed E-state index contributed by atoms with van der Waals surface area (Å²) in [5, 5.41) is 14.6. The number of rotatable bonds is 6. The summed E-state index contributed by atoms with van der Waals surface area (Å²) in [6, 6.07) is 7.29. The fourth-order valence-electron chi connectivity index (χ4n) is 2.03. The van der Waals surface area contributed by atoms with Gasteiger partial charge in [-0.3, -0.25) is 4.79 Å². The summed E-state index contributed by atoms with van der Waals surface area (Å²) in [6.07, 6.45) is 1.26. The van der Waals surface area contributed by atoms with Crippen molar-refractivity contribution in [2.24, 2.45) is 16.8 Å². The van der Waals surface area contributed by atoms with Crippen molar-refractivity contribution in [1.29, 1.82) is 0 Å². The van der Waals surface area contributed by atoms with Gasteiger partial charge in [0, 0.05) is 11.6 Å². The largest absolute Gasteiger partial charge is 0.409 e. The lowest BCUT2D eigenvalue weighted by atomic mass is 10.0. The number of amidine groups is 1. The van der Waals surface area contributed by atoms with Crippen LogP contribution in [0.3, 0.4) is 0 Å². The molecule has 1 aromatic rings. The molecule has 0 spiro atoms. The predicted octanol–water partition coefficient (Wildman–Crippen LogP) is 1.87. The first-order chi connectivity index (χ1) is 9.47. The van der Waals surface area contributed by atoms with Crippen LogP contribution in [0.2, 0.25) is 0 Å². The molecule has 4 N–H and O–H groups in total. The van der Waals surface area contributed by atoms with Crippen LogP contribution in [-0.2, 0) is 11.2 Å².